The van der Waals surface area contributed by atoms with E-state index in [1.165, 1.54) is 19.6 Å². The second-order valence-corrected chi connectivity index (χ2v) is 4.38. The molecule has 15 heavy (non-hydrogen) atoms. The number of nitrogens with zero attached hydrogens (tertiary/aromatic N) is 2. The summed E-state index contributed by atoms with van der Waals surface area (Å²) in [7, 11) is 3.94. The van der Waals surface area contributed by atoms with E-state index in [0.29, 0.717) is 6.04 Å². The van der Waals surface area contributed by atoms with Crippen molar-refractivity contribution in [1.29, 1.82) is 0 Å². The number of likely N-dealkylation sites (N-methyl/N-ethyl adjacent to an activating group) is 1. The Morgan fingerprint density at radius 2 is 2.07 bits per heavy atom. The van der Waals surface area contributed by atoms with Crippen LogP contribution < -0.4 is 5.32 Å². The van der Waals surface area contributed by atoms with Gasteiger partial charge >= 0.3 is 0 Å². The van der Waals surface area contributed by atoms with Gasteiger partial charge in [0, 0.05) is 52.4 Å². The summed E-state index contributed by atoms with van der Waals surface area (Å²) in [5.41, 5.74) is 0. The molecule has 1 fully saturated rings. The van der Waals surface area contributed by atoms with E-state index in [9.17, 15) is 0 Å². The van der Waals surface area contributed by atoms with E-state index >= 15 is 0 Å². The van der Waals surface area contributed by atoms with Crippen molar-refractivity contribution in [2.24, 2.45) is 0 Å². The Kier molecular flexibility index (Phi) is 6.17. The van der Waals surface area contributed by atoms with Crippen LogP contribution in [-0.2, 0) is 4.74 Å². The zero-order chi connectivity index (χ0) is 11.1. The molecule has 0 spiro atoms. The molecule has 0 aromatic carbocycles. The van der Waals surface area contributed by atoms with Crippen LogP contribution in [0.15, 0.2) is 0 Å². The maximum Gasteiger partial charge on any atom is 0.0615 e. The largest absolute Gasteiger partial charge is 0.383 e. The molecule has 1 atom stereocenters. The first kappa shape index (κ1) is 12.9. The first-order chi connectivity index (χ1) is 7.24. The number of hydrogen-bond donors (Lipinski definition) is 1. The van der Waals surface area contributed by atoms with Crippen molar-refractivity contribution >= 4 is 0 Å². The van der Waals surface area contributed by atoms with E-state index in [1.54, 1.807) is 7.11 Å². The van der Waals surface area contributed by atoms with E-state index < -0.39 is 0 Å². The van der Waals surface area contributed by atoms with E-state index in [2.05, 4.69) is 29.1 Å². The lowest BCUT2D eigenvalue weighted by molar-refractivity contribution is 0.105. The van der Waals surface area contributed by atoms with Crippen molar-refractivity contribution in [3.8, 4) is 0 Å². The normalized spacial score (nSPS) is 20.8. The molecule has 0 radical (unpaired) electrons. The highest BCUT2D eigenvalue weighted by Crippen LogP contribution is 1.98. The highest BCUT2D eigenvalue weighted by atomic mass is 16.5. The Morgan fingerprint density at radius 1 is 1.40 bits per heavy atom. The second-order valence-electron chi connectivity index (χ2n) is 4.38. The highest BCUT2D eigenvalue weighted by Gasteiger charge is 2.12. The Balaban J connectivity index is 2.11. The summed E-state index contributed by atoms with van der Waals surface area (Å²) in [6, 6.07) is 0.512. The molecule has 0 amide bonds. The summed E-state index contributed by atoms with van der Waals surface area (Å²) in [5, 5.41) is 3.37. The average molecular weight is 215 g/mol. The van der Waals surface area contributed by atoms with Crippen LogP contribution in [0.4, 0.5) is 0 Å². The van der Waals surface area contributed by atoms with Gasteiger partial charge in [-0.15, -0.1) is 0 Å². The Hall–Kier alpha value is -0.160. The van der Waals surface area contributed by atoms with Gasteiger partial charge in [0.15, 0.2) is 0 Å². The Morgan fingerprint density at radius 3 is 2.67 bits per heavy atom. The molecular formula is C11H25N3O. The molecule has 0 bridgehead atoms. The fourth-order valence-corrected chi connectivity index (χ4v) is 1.82. The molecule has 1 rings (SSSR count). The van der Waals surface area contributed by atoms with E-state index in [0.717, 1.165) is 26.2 Å². The maximum atomic E-state index is 5.15. The van der Waals surface area contributed by atoms with Gasteiger partial charge in [-0.25, -0.2) is 0 Å². The number of nitrogens with one attached hydrogen (secondary N) is 1. The molecular weight excluding hydrogens is 190 g/mol. The van der Waals surface area contributed by atoms with Gasteiger partial charge in [0.1, 0.15) is 0 Å². The van der Waals surface area contributed by atoms with Crippen LogP contribution >= 0.6 is 0 Å². The van der Waals surface area contributed by atoms with Crippen molar-refractivity contribution in [3.05, 3.63) is 0 Å². The SMILES string of the molecule is COCC(C)N(C)CCN1CCNCC1. The molecule has 1 heterocycles. The minimum absolute atomic E-state index is 0.512. The molecule has 0 aromatic heterocycles. The number of hydrogen-bond acceptors (Lipinski definition) is 4. The quantitative estimate of drug-likeness (QED) is 0.667. The average Bonchev–Trinajstić information content (AvgIpc) is 2.27. The summed E-state index contributed by atoms with van der Waals surface area (Å²) in [6.07, 6.45) is 0. The third kappa shape index (κ3) is 4.93. The predicted octanol–water partition coefficient (Wildman–Crippen LogP) is -0.142. The fourth-order valence-electron chi connectivity index (χ4n) is 1.82. The Labute approximate surface area is 93.6 Å². The van der Waals surface area contributed by atoms with Gasteiger partial charge in [-0.1, -0.05) is 0 Å². The third-order valence-corrected chi connectivity index (χ3v) is 3.14. The molecule has 1 saturated heterocycles. The predicted molar refractivity (Wildman–Crippen MR) is 63.3 cm³/mol. The van der Waals surface area contributed by atoms with Crippen molar-refractivity contribution in [3.63, 3.8) is 0 Å². The highest BCUT2D eigenvalue weighted by molar-refractivity contribution is 4.70. The summed E-state index contributed by atoms with van der Waals surface area (Å²) >= 11 is 0. The first-order valence-corrected chi connectivity index (χ1v) is 5.86. The Bertz CT molecular complexity index is 160. The second kappa shape index (κ2) is 7.17. The van der Waals surface area contributed by atoms with Crippen LogP contribution in [0.2, 0.25) is 0 Å². The van der Waals surface area contributed by atoms with Crippen LogP contribution in [-0.4, -0.2) is 75.9 Å². The van der Waals surface area contributed by atoms with Crippen LogP contribution in [0.1, 0.15) is 6.92 Å². The minimum atomic E-state index is 0.512. The number of methoxy groups -OCH3 is 1. The van der Waals surface area contributed by atoms with Gasteiger partial charge in [-0.3, -0.25) is 4.90 Å². The van der Waals surface area contributed by atoms with Gasteiger partial charge in [0.25, 0.3) is 0 Å². The van der Waals surface area contributed by atoms with Crippen molar-refractivity contribution < 1.29 is 4.74 Å². The molecule has 1 unspecified atom stereocenters. The smallest absolute Gasteiger partial charge is 0.0615 e. The molecule has 0 aliphatic carbocycles. The van der Waals surface area contributed by atoms with Crippen LogP contribution in [0.3, 0.4) is 0 Å². The van der Waals surface area contributed by atoms with Gasteiger partial charge in [-0.2, -0.15) is 0 Å². The van der Waals surface area contributed by atoms with E-state index in [-0.39, 0.29) is 0 Å². The summed E-state index contributed by atoms with van der Waals surface area (Å²) in [4.78, 5) is 4.89. The van der Waals surface area contributed by atoms with Crippen molar-refractivity contribution in [2.45, 2.75) is 13.0 Å². The lowest BCUT2D eigenvalue weighted by atomic mass is 10.3. The zero-order valence-corrected chi connectivity index (χ0v) is 10.3. The lowest BCUT2D eigenvalue weighted by Crippen LogP contribution is -2.47. The lowest BCUT2D eigenvalue weighted by Gasteiger charge is -2.31. The summed E-state index contributed by atoms with van der Waals surface area (Å²) in [5.74, 6) is 0. The minimum Gasteiger partial charge on any atom is -0.383 e. The molecule has 4 heteroatoms. The monoisotopic (exact) mass is 215 g/mol. The standard InChI is InChI=1S/C11H25N3O/c1-11(10-15-3)13(2)8-9-14-6-4-12-5-7-14/h11-12H,4-10H2,1-3H3. The molecule has 1 aliphatic rings. The number of rotatable bonds is 6. The van der Waals surface area contributed by atoms with Crippen LogP contribution in [0.25, 0.3) is 0 Å². The first-order valence-electron chi connectivity index (χ1n) is 5.86. The summed E-state index contributed by atoms with van der Waals surface area (Å²) < 4.78 is 5.15. The molecule has 1 aliphatic heterocycles. The maximum absolute atomic E-state index is 5.15. The van der Waals surface area contributed by atoms with Crippen LogP contribution in [0.5, 0.6) is 0 Å². The van der Waals surface area contributed by atoms with E-state index in [4.69, 9.17) is 4.74 Å². The van der Waals surface area contributed by atoms with Gasteiger partial charge in [0.05, 0.1) is 6.61 Å². The van der Waals surface area contributed by atoms with Crippen molar-refractivity contribution in [2.75, 3.05) is 60.0 Å². The number of ether oxygens (including phenoxy) is 1. The zero-order valence-electron chi connectivity index (χ0n) is 10.3. The topological polar surface area (TPSA) is 27.7 Å². The van der Waals surface area contributed by atoms with Gasteiger partial charge in [0.2, 0.25) is 0 Å². The van der Waals surface area contributed by atoms with Gasteiger partial charge in [-0.05, 0) is 14.0 Å². The number of piperazine rings is 1. The third-order valence-electron chi connectivity index (χ3n) is 3.14. The molecule has 1 N–H and O–H groups in total. The molecule has 90 valence electrons. The summed E-state index contributed by atoms with van der Waals surface area (Å²) in [6.45, 7) is 9.98. The van der Waals surface area contributed by atoms with Crippen molar-refractivity contribution in [1.82, 2.24) is 15.1 Å². The van der Waals surface area contributed by atoms with Gasteiger partial charge < -0.3 is 15.0 Å². The molecule has 0 aromatic rings. The van der Waals surface area contributed by atoms with Crippen LogP contribution in [0, 0.1) is 0 Å². The fraction of sp³-hybridized carbons (Fsp3) is 1.00. The van der Waals surface area contributed by atoms with E-state index in [1.807, 2.05) is 0 Å². The molecule has 0 saturated carbocycles. The molecule has 4 nitrogen and oxygen atoms in total.